The third-order valence-electron chi connectivity index (χ3n) is 2.98. The van der Waals surface area contributed by atoms with Crippen molar-refractivity contribution in [1.29, 1.82) is 0 Å². The van der Waals surface area contributed by atoms with Crippen LogP contribution < -0.4 is 5.32 Å². The van der Waals surface area contributed by atoms with E-state index in [1.54, 1.807) is 0 Å². The van der Waals surface area contributed by atoms with Crippen LogP contribution in [0.4, 0.5) is 5.69 Å². The van der Waals surface area contributed by atoms with E-state index in [1.807, 2.05) is 24.3 Å². The van der Waals surface area contributed by atoms with Gasteiger partial charge in [0.25, 0.3) is 0 Å². The lowest BCUT2D eigenvalue weighted by molar-refractivity contribution is 0.403. The fraction of sp³-hybridized carbons (Fsp3) is 0.250. The number of rotatable bonds is 5. The standard InChI is InChI=1S/C16H18BrClN2/c1-20(2)11-12-5-3-4-6-16(12)19-10-13-9-14(17)7-8-15(13)18/h3-9,19H,10-11H2,1-2H3. The van der Waals surface area contributed by atoms with Gasteiger partial charge in [0.1, 0.15) is 0 Å². The molecule has 20 heavy (non-hydrogen) atoms. The van der Waals surface area contributed by atoms with Crippen molar-refractivity contribution >= 4 is 33.2 Å². The monoisotopic (exact) mass is 352 g/mol. The lowest BCUT2D eigenvalue weighted by Crippen LogP contribution is -2.13. The van der Waals surface area contributed by atoms with Gasteiger partial charge < -0.3 is 10.2 Å². The van der Waals surface area contributed by atoms with Crippen LogP contribution in [-0.2, 0) is 13.1 Å². The molecule has 2 nitrogen and oxygen atoms in total. The van der Waals surface area contributed by atoms with Gasteiger partial charge in [0.15, 0.2) is 0 Å². The predicted molar refractivity (Wildman–Crippen MR) is 90.3 cm³/mol. The predicted octanol–water partition coefficient (Wildman–Crippen LogP) is 4.78. The highest BCUT2D eigenvalue weighted by atomic mass is 79.9. The molecule has 0 spiro atoms. The van der Waals surface area contributed by atoms with Crippen LogP contribution in [0.1, 0.15) is 11.1 Å². The average molecular weight is 354 g/mol. The van der Waals surface area contributed by atoms with E-state index in [-0.39, 0.29) is 0 Å². The molecule has 2 aromatic carbocycles. The van der Waals surface area contributed by atoms with Crippen molar-refractivity contribution in [3.63, 3.8) is 0 Å². The molecular weight excluding hydrogens is 336 g/mol. The van der Waals surface area contributed by atoms with Gasteiger partial charge in [-0.05, 0) is 49.5 Å². The Kier molecular flexibility index (Phi) is 5.46. The quantitative estimate of drug-likeness (QED) is 0.832. The third kappa shape index (κ3) is 4.23. The highest BCUT2D eigenvalue weighted by molar-refractivity contribution is 9.10. The minimum Gasteiger partial charge on any atom is -0.381 e. The molecule has 0 unspecified atom stereocenters. The minimum absolute atomic E-state index is 0.711. The van der Waals surface area contributed by atoms with Crippen LogP contribution >= 0.6 is 27.5 Å². The first kappa shape index (κ1) is 15.4. The van der Waals surface area contributed by atoms with Gasteiger partial charge >= 0.3 is 0 Å². The van der Waals surface area contributed by atoms with E-state index in [9.17, 15) is 0 Å². The van der Waals surface area contributed by atoms with Crippen molar-refractivity contribution in [3.05, 3.63) is 63.1 Å². The number of hydrogen-bond acceptors (Lipinski definition) is 2. The molecule has 0 aliphatic heterocycles. The fourth-order valence-electron chi connectivity index (χ4n) is 2.04. The van der Waals surface area contributed by atoms with Crippen LogP contribution in [0, 0.1) is 0 Å². The van der Waals surface area contributed by atoms with Crippen molar-refractivity contribution in [2.45, 2.75) is 13.1 Å². The second-order valence-electron chi connectivity index (χ2n) is 4.98. The Morgan fingerprint density at radius 3 is 2.60 bits per heavy atom. The summed E-state index contributed by atoms with van der Waals surface area (Å²) in [6, 6.07) is 14.3. The summed E-state index contributed by atoms with van der Waals surface area (Å²) >= 11 is 9.69. The Morgan fingerprint density at radius 2 is 1.85 bits per heavy atom. The Labute approximate surface area is 133 Å². The van der Waals surface area contributed by atoms with Gasteiger partial charge in [0.05, 0.1) is 0 Å². The van der Waals surface area contributed by atoms with Crippen LogP contribution in [0.2, 0.25) is 5.02 Å². The van der Waals surface area contributed by atoms with Crippen LogP contribution in [0.15, 0.2) is 46.9 Å². The largest absolute Gasteiger partial charge is 0.381 e. The Balaban J connectivity index is 2.12. The molecule has 0 aromatic heterocycles. The van der Waals surface area contributed by atoms with Crippen molar-refractivity contribution in [2.75, 3.05) is 19.4 Å². The SMILES string of the molecule is CN(C)Cc1ccccc1NCc1cc(Br)ccc1Cl. The van der Waals surface area contributed by atoms with Gasteiger partial charge in [0.2, 0.25) is 0 Å². The summed E-state index contributed by atoms with van der Waals surface area (Å²) in [5.74, 6) is 0. The zero-order valence-electron chi connectivity index (χ0n) is 11.7. The van der Waals surface area contributed by atoms with Gasteiger partial charge in [-0.15, -0.1) is 0 Å². The zero-order chi connectivity index (χ0) is 14.5. The molecule has 106 valence electrons. The number of benzene rings is 2. The molecule has 2 aromatic rings. The molecule has 0 aliphatic rings. The van der Waals surface area contributed by atoms with E-state index in [0.29, 0.717) is 6.54 Å². The van der Waals surface area contributed by atoms with Gasteiger partial charge in [-0.2, -0.15) is 0 Å². The van der Waals surface area contributed by atoms with E-state index < -0.39 is 0 Å². The summed E-state index contributed by atoms with van der Waals surface area (Å²) in [5, 5.41) is 4.25. The molecule has 4 heteroatoms. The molecule has 0 heterocycles. The first-order valence-electron chi connectivity index (χ1n) is 6.46. The molecule has 0 amide bonds. The maximum atomic E-state index is 6.22. The van der Waals surface area contributed by atoms with Crippen molar-refractivity contribution in [1.82, 2.24) is 4.90 Å². The number of para-hydroxylation sites is 1. The van der Waals surface area contributed by atoms with Crippen LogP contribution in [0.25, 0.3) is 0 Å². The Morgan fingerprint density at radius 1 is 1.10 bits per heavy atom. The molecule has 0 atom stereocenters. The Hall–Kier alpha value is -1.03. The molecule has 2 rings (SSSR count). The third-order valence-corrected chi connectivity index (χ3v) is 3.84. The van der Waals surface area contributed by atoms with Crippen LogP contribution in [-0.4, -0.2) is 19.0 Å². The minimum atomic E-state index is 0.711. The van der Waals surface area contributed by atoms with Gasteiger partial charge in [-0.3, -0.25) is 0 Å². The first-order valence-corrected chi connectivity index (χ1v) is 7.64. The highest BCUT2D eigenvalue weighted by Gasteiger charge is 2.05. The molecule has 0 radical (unpaired) electrons. The van der Waals surface area contributed by atoms with Gasteiger partial charge in [-0.1, -0.05) is 45.7 Å². The molecule has 0 saturated carbocycles. The summed E-state index contributed by atoms with van der Waals surface area (Å²) in [4.78, 5) is 2.16. The molecule has 0 aliphatic carbocycles. The van der Waals surface area contributed by atoms with E-state index in [1.165, 1.54) is 5.56 Å². The molecule has 1 N–H and O–H groups in total. The average Bonchev–Trinajstić information content (AvgIpc) is 2.41. The number of halogens is 2. The lowest BCUT2D eigenvalue weighted by Gasteiger charge is -2.16. The topological polar surface area (TPSA) is 15.3 Å². The van der Waals surface area contributed by atoms with Gasteiger partial charge in [-0.25, -0.2) is 0 Å². The maximum Gasteiger partial charge on any atom is 0.0456 e. The highest BCUT2D eigenvalue weighted by Crippen LogP contribution is 2.23. The molecule has 0 fully saturated rings. The number of anilines is 1. The number of hydrogen-bond donors (Lipinski definition) is 1. The molecule has 0 saturated heterocycles. The summed E-state index contributed by atoms with van der Waals surface area (Å²) in [6.07, 6.45) is 0. The van der Waals surface area contributed by atoms with E-state index in [2.05, 4.69) is 58.4 Å². The second-order valence-corrected chi connectivity index (χ2v) is 6.31. The van der Waals surface area contributed by atoms with E-state index in [4.69, 9.17) is 11.6 Å². The normalized spacial score (nSPS) is 10.8. The lowest BCUT2D eigenvalue weighted by atomic mass is 10.1. The van der Waals surface area contributed by atoms with E-state index in [0.717, 1.165) is 27.3 Å². The second kappa shape index (κ2) is 7.11. The van der Waals surface area contributed by atoms with Gasteiger partial charge in [0, 0.05) is 28.3 Å². The van der Waals surface area contributed by atoms with Crippen LogP contribution in [0.3, 0.4) is 0 Å². The zero-order valence-corrected chi connectivity index (χ0v) is 14.0. The number of nitrogens with zero attached hydrogens (tertiary/aromatic N) is 1. The maximum absolute atomic E-state index is 6.22. The molecular formula is C16H18BrClN2. The fourth-order valence-corrected chi connectivity index (χ4v) is 2.63. The summed E-state index contributed by atoms with van der Waals surface area (Å²) in [7, 11) is 4.14. The number of nitrogens with one attached hydrogen (secondary N) is 1. The summed E-state index contributed by atoms with van der Waals surface area (Å²) < 4.78 is 1.04. The molecule has 0 bridgehead atoms. The van der Waals surface area contributed by atoms with Crippen molar-refractivity contribution in [3.8, 4) is 0 Å². The van der Waals surface area contributed by atoms with Crippen molar-refractivity contribution in [2.24, 2.45) is 0 Å². The van der Waals surface area contributed by atoms with E-state index >= 15 is 0 Å². The summed E-state index contributed by atoms with van der Waals surface area (Å²) in [5.41, 5.74) is 3.52. The summed E-state index contributed by atoms with van der Waals surface area (Å²) in [6.45, 7) is 1.62. The van der Waals surface area contributed by atoms with Crippen molar-refractivity contribution < 1.29 is 0 Å². The Bertz CT molecular complexity index is 584. The first-order chi connectivity index (χ1) is 9.56. The van der Waals surface area contributed by atoms with Crippen LogP contribution in [0.5, 0.6) is 0 Å². The smallest absolute Gasteiger partial charge is 0.0456 e.